The van der Waals surface area contributed by atoms with Crippen LogP contribution in [-0.4, -0.2) is 48.2 Å². The summed E-state index contributed by atoms with van der Waals surface area (Å²) in [5, 5.41) is 0. The van der Waals surface area contributed by atoms with Gasteiger partial charge < -0.3 is 14.6 Å². The first kappa shape index (κ1) is 14.9. The van der Waals surface area contributed by atoms with Crippen LogP contribution in [0.15, 0.2) is 12.3 Å². The van der Waals surface area contributed by atoms with Gasteiger partial charge in [0.05, 0.1) is 7.11 Å². The highest BCUT2D eigenvalue weighted by Crippen LogP contribution is 2.07. The number of hydrogen-bond donors (Lipinski definition) is 1. The average Bonchev–Trinajstić information content (AvgIpc) is 2.87. The molecule has 0 radical (unpaired) electrons. The maximum Gasteiger partial charge on any atom is 0.305 e. The van der Waals surface area contributed by atoms with E-state index in [1.54, 1.807) is 7.05 Å². The van der Waals surface area contributed by atoms with E-state index in [4.69, 9.17) is 0 Å². The van der Waals surface area contributed by atoms with Crippen LogP contribution >= 0.6 is 0 Å². The SMILES string of the molecule is COC(=O)CCCN(C)C(=O)c1cc(C(C)=O)c[nH]1. The first-order chi connectivity index (χ1) is 8.95. The van der Waals surface area contributed by atoms with Gasteiger partial charge in [0.1, 0.15) is 5.69 Å². The van der Waals surface area contributed by atoms with Crippen LogP contribution in [0, 0.1) is 0 Å². The minimum atomic E-state index is -0.292. The number of aromatic nitrogens is 1. The first-order valence-corrected chi connectivity index (χ1v) is 5.97. The highest BCUT2D eigenvalue weighted by Gasteiger charge is 2.15. The van der Waals surface area contributed by atoms with Crippen LogP contribution < -0.4 is 0 Å². The van der Waals surface area contributed by atoms with Crippen LogP contribution in [-0.2, 0) is 9.53 Å². The second-order valence-corrected chi connectivity index (χ2v) is 4.26. The normalized spacial score (nSPS) is 10.1. The largest absolute Gasteiger partial charge is 0.469 e. The van der Waals surface area contributed by atoms with Gasteiger partial charge in [0.15, 0.2) is 5.78 Å². The summed E-state index contributed by atoms with van der Waals surface area (Å²) in [4.78, 5) is 38.3. The highest BCUT2D eigenvalue weighted by atomic mass is 16.5. The fourth-order valence-electron chi connectivity index (χ4n) is 1.59. The Morgan fingerprint density at radius 1 is 1.37 bits per heavy atom. The molecule has 1 heterocycles. The first-order valence-electron chi connectivity index (χ1n) is 5.97. The van der Waals surface area contributed by atoms with Gasteiger partial charge in [-0.2, -0.15) is 0 Å². The van der Waals surface area contributed by atoms with Gasteiger partial charge in [-0.25, -0.2) is 0 Å². The molecule has 0 bridgehead atoms. The van der Waals surface area contributed by atoms with Crippen molar-refractivity contribution < 1.29 is 19.1 Å². The summed E-state index contributed by atoms with van der Waals surface area (Å²) < 4.78 is 4.52. The van der Waals surface area contributed by atoms with Crippen LogP contribution in [0.1, 0.15) is 40.6 Å². The number of esters is 1. The Hall–Kier alpha value is -2.11. The van der Waals surface area contributed by atoms with Crippen molar-refractivity contribution in [3.63, 3.8) is 0 Å². The number of carbonyl (C=O) groups excluding carboxylic acids is 3. The van der Waals surface area contributed by atoms with Crippen LogP contribution in [0.25, 0.3) is 0 Å². The lowest BCUT2D eigenvalue weighted by Gasteiger charge is -2.15. The molecule has 0 unspecified atom stereocenters. The summed E-state index contributed by atoms with van der Waals surface area (Å²) in [5.41, 5.74) is 0.845. The Bertz CT molecular complexity index is 479. The molecule has 1 N–H and O–H groups in total. The Labute approximate surface area is 111 Å². The zero-order chi connectivity index (χ0) is 14.4. The van der Waals surface area contributed by atoms with Crippen LogP contribution in [0.5, 0.6) is 0 Å². The molecular weight excluding hydrogens is 248 g/mol. The number of amides is 1. The number of Topliss-reactive ketones (excluding diaryl/α,β-unsaturated/α-hetero) is 1. The van der Waals surface area contributed by atoms with E-state index in [0.29, 0.717) is 24.2 Å². The molecule has 0 spiro atoms. The minimum absolute atomic E-state index is 0.0938. The summed E-state index contributed by atoms with van der Waals surface area (Å²) in [7, 11) is 2.98. The maximum absolute atomic E-state index is 12.0. The number of H-pyrrole nitrogens is 1. The molecule has 0 saturated heterocycles. The molecule has 6 nitrogen and oxygen atoms in total. The summed E-state index contributed by atoms with van der Waals surface area (Å²) >= 11 is 0. The summed E-state index contributed by atoms with van der Waals surface area (Å²) in [6.45, 7) is 1.89. The minimum Gasteiger partial charge on any atom is -0.469 e. The van der Waals surface area contributed by atoms with Gasteiger partial charge in [0.25, 0.3) is 5.91 Å². The molecule has 0 saturated carbocycles. The lowest BCUT2D eigenvalue weighted by Crippen LogP contribution is -2.28. The van der Waals surface area contributed by atoms with Crippen molar-refractivity contribution in [3.8, 4) is 0 Å². The molecule has 1 aromatic rings. The molecule has 0 aromatic carbocycles. The van der Waals surface area contributed by atoms with Gasteiger partial charge in [0.2, 0.25) is 0 Å². The average molecular weight is 266 g/mol. The lowest BCUT2D eigenvalue weighted by molar-refractivity contribution is -0.140. The van der Waals surface area contributed by atoms with Gasteiger partial charge in [-0.15, -0.1) is 0 Å². The number of ketones is 1. The van der Waals surface area contributed by atoms with E-state index in [0.717, 1.165) is 0 Å². The van der Waals surface area contributed by atoms with Crippen LogP contribution in [0.2, 0.25) is 0 Å². The Balaban J connectivity index is 2.51. The molecule has 1 amide bonds. The number of nitrogens with one attached hydrogen (secondary N) is 1. The predicted octanol–water partition coefficient (Wildman–Crippen LogP) is 1.24. The van der Waals surface area contributed by atoms with E-state index >= 15 is 0 Å². The number of aromatic amines is 1. The number of methoxy groups -OCH3 is 1. The highest BCUT2D eigenvalue weighted by molar-refractivity contribution is 5.98. The van der Waals surface area contributed by atoms with Gasteiger partial charge >= 0.3 is 5.97 Å². The molecule has 0 fully saturated rings. The van der Waals surface area contributed by atoms with Crippen LogP contribution in [0.4, 0.5) is 0 Å². The monoisotopic (exact) mass is 266 g/mol. The van der Waals surface area contributed by atoms with E-state index in [-0.39, 0.29) is 24.1 Å². The summed E-state index contributed by atoms with van der Waals surface area (Å²) in [6, 6.07) is 1.53. The van der Waals surface area contributed by atoms with Gasteiger partial charge in [-0.1, -0.05) is 0 Å². The quantitative estimate of drug-likeness (QED) is 0.620. The molecule has 0 aliphatic carbocycles. The van der Waals surface area contributed by atoms with Crippen molar-refractivity contribution in [1.29, 1.82) is 0 Å². The van der Waals surface area contributed by atoms with Crippen molar-refractivity contribution in [2.24, 2.45) is 0 Å². The molecule has 0 atom stereocenters. The molecule has 0 aliphatic rings. The standard InChI is InChI=1S/C13H18N2O4/c1-9(16)10-7-11(14-8-10)13(18)15(2)6-4-5-12(17)19-3/h7-8,14H,4-6H2,1-3H3. The molecule has 0 aliphatic heterocycles. The molecule has 19 heavy (non-hydrogen) atoms. The van der Waals surface area contributed by atoms with Gasteiger partial charge in [0, 0.05) is 31.8 Å². The fourth-order valence-corrected chi connectivity index (χ4v) is 1.59. The zero-order valence-electron chi connectivity index (χ0n) is 11.4. The topological polar surface area (TPSA) is 79.5 Å². The third-order valence-corrected chi connectivity index (χ3v) is 2.77. The second kappa shape index (κ2) is 6.72. The molecular formula is C13H18N2O4. The number of ether oxygens (including phenoxy) is 1. The third kappa shape index (κ3) is 4.24. The van der Waals surface area contributed by atoms with Crippen molar-refractivity contribution in [3.05, 3.63) is 23.5 Å². The van der Waals surface area contributed by atoms with E-state index in [9.17, 15) is 14.4 Å². The number of nitrogens with zero attached hydrogens (tertiary/aromatic N) is 1. The Kier molecular flexibility index (Phi) is 5.29. The number of rotatable bonds is 6. The Morgan fingerprint density at radius 3 is 2.58 bits per heavy atom. The molecule has 1 rings (SSSR count). The smallest absolute Gasteiger partial charge is 0.305 e. The zero-order valence-corrected chi connectivity index (χ0v) is 11.4. The second-order valence-electron chi connectivity index (χ2n) is 4.26. The number of hydrogen-bond acceptors (Lipinski definition) is 4. The molecule has 6 heteroatoms. The maximum atomic E-state index is 12.0. The van der Waals surface area contributed by atoms with Crippen molar-refractivity contribution >= 4 is 17.7 Å². The van der Waals surface area contributed by atoms with Gasteiger partial charge in [-0.3, -0.25) is 14.4 Å². The summed E-state index contributed by atoms with van der Waals surface area (Å²) in [5.74, 6) is -0.597. The van der Waals surface area contributed by atoms with Crippen LogP contribution in [0.3, 0.4) is 0 Å². The number of carbonyl (C=O) groups is 3. The predicted molar refractivity (Wildman–Crippen MR) is 69.0 cm³/mol. The van der Waals surface area contributed by atoms with Gasteiger partial charge in [-0.05, 0) is 19.4 Å². The fraction of sp³-hybridized carbons (Fsp3) is 0.462. The van der Waals surface area contributed by atoms with Crippen molar-refractivity contribution in [2.75, 3.05) is 20.7 Å². The summed E-state index contributed by atoms with van der Waals surface area (Å²) in [6.07, 6.45) is 2.32. The van der Waals surface area contributed by atoms with E-state index in [2.05, 4.69) is 9.72 Å². The Morgan fingerprint density at radius 2 is 2.05 bits per heavy atom. The molecule has 104 valence electrons. The van der Waals surface area contributed by atoms with E-state index in [1.165, 1.54) is 31.2 Å². The van der Waals surface area contributed by atoms with Crippen molar-refractivity contribution in [1.82, 2.24) is 9.88 Å². The lowest BCUT2D eigenvalue weighted by atomic mass is 10.2. The third-order valence-electron chi connectivity index (χ3n) is 2.77. The van der Waals surface area contributed by atoms with E-state index in [1.807, 2.05) is 0 Å². The van der Waals surface area contributed by atoms with E-state index < -0.39 is 0 Å². The van der Waals surface area contributed by atoms with Crippen molar-refractivity contribution in [2.45, 2.75) is 19.8 Å². The molecule has 1 aromatic heterocycles.